The molecule has 0 fully saturated rings. The first-order valence-electron chi connectivity index (χ1n) is 12.7. The van der Waals surface area contributed by atoms with Crippen molar-refractivity contribution >= 4 is 21.8 Å². The lowest BCUT2D eigenvalue weighted by Crippen LogP contribution is -1.91. The fraction of sp³-hybridized carbons (Fsp3) is 0.552. The molecule has 1 nitrogen and oxygen atoms in total. The molecule has 1 heteroatoms. The van der Waals surface area contributed by atoms with Gasteiger partial charge < -0.3 is 0 Å². The van der Waals surface area contributed by atoms with Crippen molar-refractivity contribution in [3.63, 3.8) is 0 Å². The number of aryl methyl sites for hydroxylation is 1. The second kappa shape index (κ2) is 13.4. The maximum Gasteiger partial charge on any atom is 0.0712 e. The molecule has 30 heavy (non-hydrogen) atoms. The Labute approximate surface area is 184 Å². The summed E-state index contributed by atoms with van der Waals surface area (Å²) in [6.07, 6.45) is 21.0. The van der Waals surface area contributed by atoms with Gasteiger partial charge in [-0.15, -0.1) is 0 Å². The number of para-hydroxylation sites is 1. The van der Waals surface area contributed by atoms with Crippen molar-refractivity contribution in [3.8, 4) is 0 Å². The number of aromatic nitrogens is 1. The Kier molecular flexibility index (Phi) is 10.2. The van der Waals surface area contributed by atoms with E-state index >= 15 is 0 Å². The first-order chi connectivity index (χ1) is 14.9. The van der Waals surface area contributed by atoms with Crippen LogP contribution in [-0.2, 0) is 6.42 Å². The van der Waals surface area contributed by atoms with Crippen molar-refractivity contribution < 1.29 is 0 Å². The van der Waals surface area contributed by atoms with E-state index in [4.69, 9.17) is 4.98 Å². The van der Waals surface area contributed by atoms with Crippen LogP contribution >= 0.6 is 0 Å². The van der Waals surface area contributed by atoms with Gasteiger partial charge in [0.2, 0.25) is 0 Å². The van der Waals surface area contributed by atoms with Gasteiger partial charge in [0, 0.05) is 10.8 Å². The predicted molar refractivity (Wildman–Crippen MR) is 133 cm³/mol. The minimum Gasteiger partial charge on any atom is -0.248 e. The molecule has 1 aromatic heterocycles. The van der Waals surface area contributed by atoms with Gasteiger partial charge in [-0.25, -0.2) is 4.98 Å². The third kappa shape index (κ3) is 7.42. The van der Waals surface area contributed by atoms with Gasteiger partial charge >= 0.3 is 0 Å². The Hall–Kier alpha value is -1.89. The summed E-state index contributed by atoms with van der Waals surface area (Å²) in [5, 5.41) is 2.59. The van der Waals surface area contributed by atoms with Crippen molar-refractivity contribution in [2.45, 2.75) is 103 Å². The predicted octanol–water partition coefficient (Wildman–Crippen LogP) is 9.41. The smallest absolute Gasteiger partial charge is 0.0712 e. The molecule has 0 radical (unpaired) electrons. The molecule has 0 saturated carbocycles. The molecule has 0 unspecified atom stereocenters. The Balaban J connectivity index is 1.28. The molecule has 3 rings (SSSR count). The van der Waals surface area contributed by atoms with Crippen molar-refractivity contribution in [3.05, 3.63) is 54.1 Å². The van der Waals surface area contributed by atoms with E-state index < -0.39 is 0 Å². The van der Waals surface area contributed by atoms with Crippen LogP contribution in [0.3, 0.4) is 0 Å². The number of hydrogen-bond donors (Lipinski definition) is 0. The Morgan fingerprint density at radius 3 is 1.80 bits per heavy atom. The molecule has 0 aliphatic carbocycles. The Morgan fingerprint density at radius 1 is 0.567 bits per heavy atom. The largest absolute Gasteiger partial charge is 0.248 e. The van der Waals surface area contributed by atoms with Crippen LogP contribution in [-0.4, -0.2) is 4.98 Å². The number of pyridine rings is 1. The Bertz CT molecular complexity index is 867. The number of nitrogens with zero attached hydrogens (tertiary/aromatic N) is 1. The molecule has 2 aromatic carbocycles. The van der Waals surface area contributed by atoms with Crippen LogP contribution in [0, 0.1) is 0 Å². The first kappa shape index (κ1) is 22.8. The summed E-state index contributed by atoms with van der Waals surface area (Å²) in [5.41, 5.74) is 3.69. The van der Waals surface area contributed by atoms with Crippen LogP contribution in [0.15, 0.2) is 48.5 Å². The van der Waals surface area contributed by atoms with Gasteiger partial charge in [0.1, 0.15) is 0 Å². The molecule has 0 N–H and O–H groups in total. The van der Waals surface area contributed by atoms with E-state index in [1.165, 1.54) is 113 Å². The number of fused-ring (bicyclic) bond motifs is 2. The SMILES string of the molecule is CCCCCCCCCCCCCCCCc1cccc2nc3ccccc3cc12. The molecule has 0 atom stereocenters. The third-order valence-corrected chi connectivity index (χ3v) is 6.45. The summed E-state index contributed by atoms with van der Waals surface area (Å²) < 4.78 is 0. The highest BCUT2D eigenvalue weighted by Crippen LogP contribution is 2.24. The molecule has 0 aliphatic heterocycles. The summed E-state index contributed by atoms with van der Waals surface area (Å²) in [7, 11) is 0. The highest BCUT2D eigenvalue weighted by Gasteiger charge is 2.04. The highest BCUT2D eigenvalue weighted by atomic mass is 14.7. The van der Waals surface area contributed by atoms with E-state index in [0.717, 1.165) is 11.0 Å². The lowest BCUT2D eigenvalue weighted by Gasteiger charge is -2.08. The second-order valence-corrected chi connectivity index (χ2v) is 9.01. The maximum atomic E-state index is 4.86. The quantitative estimate of drug-likeness (QED) is 0.182. The van der Waals surface area contributed by atoms with Crippen LogP contribution in [0.2, 0.25) is 0 Å². The van der Waals surface area contributed by atoms with E-state index in [1.807, 2.05) is 0 Å². The summed E-state index contributed by atoms with van der Waals surface area (Å²) >= 11 is 0. The van der Waals surface area contributed by atoms with Gasteiger partial charge in [-0.1, -0.05) is 121 Å². The average Bonchev–Trinajstić information content (AvgIpc) is 2.78. The summed E-state index contributed by atoms with van der Waals surface area (Å²) in [6, 6.07) is 17.4. The highest BCUT2D eigenvalue weighted by molar-refractivity contribution is 5.94. The van der Waals surface area contributed by atoms with Gasteiger partial charge in [-0.05, 0) is 36.6 Å². The topological polar surface area (TPSA) is 12.9 Å². The van der Waals surface area contributed by atoms with Crippen molar-refractivity contribution in [2.24, 2.45) is 0 Å². The number of rotatable bonds is 15. The van der Waals surface area contributed by atoms with Gasteiger partial charge in [-0.2, -0.15) is 0 Å². The molecule has 0 bridgehead atoms. The molecule has 1 heterocycles. The van der Waals surface area contributed by atoms with Gasteiger partial charge in [0.25, 0.3) is 0 Å². The van der Waals surface area contributed by atoms with Crippen LogP contribution in [0.4, 0.5) is 0 Å². The van der Waals surface area contributed by atoms with Gasteiger partial charge in [0.05, 0.1) is 11.0 Å². The minimum absolute atomic E-state index is 1.10. The van der Waals surface area contributed by atoms with Crippen molar-refractivity contribution in [1.82, 2.24) is 4.98 Å². The zero-order valence-corrected chi connectivity index (χ0v) is 19.2. The van der Waals surface area contributed by atoms with E-state index in [0.29, 0.717) is 0 Å². The zero-order valence-electron chi connectivity index (χ0n) is 19.2. The van der Waals surface area contributed by atoms with Gasteiger partial charge in [0.15, 0.2) is 0 Å². The van der Waals surface area contributed by atoms with E-state index in [-0.39, 0.29) is 0 Å². The fourth-order valence-electron chi connectivity index (χ4n) is 4.59. The molecule has 0 amide bonds. The summed E-state index contributed by atoms with van der Waals surface area (Å²) in [4.78, 5) is 4.86. The van der Waals surface area contributed by atoms with E-state index in [1.54, 1.807) is 0 Å². The van der Waals surface area contributed by atoms with Crippen LogP contribution in [0.25, 0.3) is 21.8 Å². The molecular formula is C29H41N. The molecular weight excluding hydrogens is 362 g/mol. The molecule has 0 saturated heterocycles. The van der Waals surface area contributed by atoms with Gasteiger partial charge in [-0.3, -0.25) is 0 Å². The third-order valence-electron chi connectivity index (χ3n) is 6.45. The first-order valence-corrected chi connectivity index (χ1v) is 12.7. The molecule has 162 valence electrons. The standard InChI is InChI=1S/C29H41N/c1-2-3-4-5-6-7-8-9-10-11-12-13-14-15-19-25-21-18-23-29-27(25)24-26-20-16-17-22-28(26)30-29/h16-18,20-24H,2-15,19H2,1H3. The van der Waals surface area contributed by atoms with Crippen LogP contribution in [0.1, 0.15) is 102 Å². The van der Waals surface area contributed by atoms with Crippen molar-refractivity contribution in [2.75, 3.05) is 0 Å². The minimum atomic E-state index is 1.10. The lowest BCUT2D eigenvalue weighted by atomic mass is 9.99. The fourth-order valence-corrected chi connectivity index (χ4v) is 4.59. The average molecular weight is 404 g/mol. The zero-order chi connectivity index (χ0) is 20.9. The lowest BCUT2D eigenvalue weighted by molar-refractivity contribution is 0.535. The van der Waals surface area contributed by atoms with E-state index in [9.17, 15) is 0 Å². The number of unbranched alkanes of at least 4 members (excludes halogenated alkanes) is 13. The normalized spacial score (nSPS) is 11.5. The van der Waals surface area contributed by atoms with E-state index in [2.05, 4.69) is 55.5 Å². The van der Waals surface area contributed by atoms with Crippen LogP contribution in [0.5, 0.6) is 0 Å². The van der Waals surface area contributed by atoms with Crippen LogP contribution < -0.4 is 0 Å². The maximum absolute atomic E-state index is 4.86. The summed E-state index contributed by atoms with van der Waals surface area (Å²) in [5.74, 6) is 0. The Morgan fingerprint density at radius 2 is 1.13 bits per heavy atom. The molecule has 0 aliphatic rings. The number of benzene rings is 2. The molecule has 3 aromatic rings. The molecule has 0 spiro atoms. The number of hydrogen-bond acceptors (Lipinski definition) is 1. The summed E-state index contributed by atoms with van der Waals surface area (Å²) in [6.45, 7) is 2.29. The monoisotopic (exact) mass is 403 g/mol. The van der Waals surface area contributed by atoms with Crippen molar-refractivity contribution in [1.29, 1.82) is 0 Å². The second-order valence-electron chi connectivity index (χ2n) is 9.01.